The minimum Gasteiger partial charge on any atom is -0.313 e. The van der Waals surface area contributed by atoms with Gasteiger partial charge in [-0.25, -0.2) is 4.39 Å². The molecule has 1 fully saturated rings. The van der Waals surface area contributed by atoms with Crippen LogP contribution in [0.15, 0.2) is 0 Å². The van der Waals surface area contributed by atoms with Crippen LogP contribution in [0.25, 0.3) is 0 Å². The minimum atomic E-state index is -0.681. The molecule has 2 atom stereocenters. The monoisotopic (exact) mass is 203 g/mol. The van der Waals surface area contributed by atoms with Crippen molar-refractivity contribution in [3.8, 4) is 0 Å². The zero-order valence-corrected chi connectivity index (χ0v) is 6.64. The third kappa shape index (κ3) is 1.88. The summed E-state index contributed by atoms with van der Waals surface area (Å²) in [7, 11) is 0. The van der Waals surface area contributed by atoms with Gasteiger partial charge in [-0.3, -0.25) is 0 Å². The zero-order valence-electron chi connectivity index (χ0n) is 4.23. The molecule has 0 aromatic rings. The first-order valence-electron chi connectivity index (χ1n) is 2.29. The van der Waals surface area contributed by atoms with Gasteiger partial charge in [-0.15, -0.1) is 12.4 Å². The quantitative estimate of drug-likeness (QED) is 0.583. The standard InChI is InChI=1S/C4H7BrFN.ClH/c5-3-1-7-2-4(3)6;/h3-4,7H,1-2H2;1H/t3-,4+;/m1./s1. The van der Waals surface area contributed by atoms with E-state index >= 15 is 0 Å². The molecule has 1 N–H and O–H groups in total. The molecule has 50 valence electrons. The summed E-state index contributed by atoms with van der Waals surface area (Å²) in [6, 6.07) is 0. The maximum absolute atomic E-state index is 12.2. The largest absolute Gasteiger partial charge is 0.313 e. The van der Waals surface area contributed by atoms with Crippen LogP contribution in [0.1, 0.15) is 0 Å². The van der Waals surface area contributed by atoms with Crippen molar-refractivity contribution in [3.63, 3.8) is 0 Å². The van der Waals surface area contributed by atoms with Gasteiger partial charge in [0.2, 0.25) is 0 Å². The Morgan fingerprint density at radius 2 is 2.12 bits per heavy atom. The average molecular weight is 204 g/mol. The van der Waals surface area contributed by atoms with E-state index in [0.29, 0.717) is 6.54 Å². The van der Waals surface area contributed by atoms with E-state index in [1.807, 2.05) is 0 Å². The van der Waals surface area contributed by atoms with Crippen LogP contribution in [-0.2, 0) is 0 Å². The SMILES string of the molecule is Cl.F[C@H]1CNC[C@H]1Br. The summed E-state index contributed by atoms with van der Waals surface area (Å²) in [5.74, 6) is 0. The van der Waals surface area contributed by atoms with Crippen molar-refractivity contribution in [2.75, 3.05) is 13.1 Å². The third-order valence-electron chi connectivity index (χ3n) is 1.07. The van der Waals surface area contributed by atoms with E-state index in [2.05, 4.69) is 21.2 Å². The molecule has 4 heteroatoms. The molecule has 1 aliphatic rings. The van der Waals surface area contributed by atoms with Crippen LogP contribution >= 0.6 is 28.3 Å². The molecule has 0 saturated carbocycles. The van der Waals surface area contributed by atoms with Crippen LogP contribution in [0, 0.1) is 0 Å². The fourth-order valence-corrected chi connectivity index (χ4v) is 1.03. The maximum Gasteiger partial charge on any atom is 0.126 e. The maximum atomic E-state index is 12.2. The highest BCUT2D eigenvalue weighted by Crippen LogP contribution is 2.12. The molecule has 1 rings (SSSR count). The lowest BCUT2D eigenvalue weighted by Gasteiger charge is -1.97. The van der Waals surface area contributed by atoms with E-state index in [-0.39, 0.29) is 17.2 Å². The molecule has 0 unspecified atom stereocenters. The zero-order chi connectivity index (χ0) is 5.28. The Balaban J connectivity index is 0.000000490. The number of hydrogen-bond donors (Lipinski definition) is 1. The first-order valence-corrected chi connectivity index (χ1v) is 3.21. The lowest BCUT2D eigenvalue weighted by molar-refractivity contribution is 0.370. The van der Waals surface area contributed by atoms with Crippen molar-refractivity contribution in [3.05, 3.63) is 0 Å². The molecule has 0 aliphatic carbocycles. The van der Waals surface area contributed by atoms with Gasteiger partial charge < -0.3 is 5.32 Å². The molecule has 0 aromatic heterocycles. The highest BCUT2D eigenvalue weighted by Gasteiger charge is 2.22. The minimum absolute atomic E-state index is 0. The molecule has 0 radical (unpaired) electrons. The average Bonchev–Trinajstić information content (AvgIpc) is 1.91. The van der Waals surface area contributed by atoms with Crippen molar-refractivity contribution in [2.45, 2.75) is 11.0 Å². The Bertz CT molecular complexity index is 65.1. The van der Waals surface area contributed by atoms with E-state index < -0.39 is 6.17 Å². The second-order valence-corrected chi connectivity index (χ2v) is 2.87. The Labute approximate surface area is 62.6 Å². The van der Waals surface area contributed by atoms with Crippen LogP contribution in [0.3, 0.4) is 0 Å². The number of hydrogen-bond acceptors (Lipinski definition) is 1. The number of nitrogens with one attached hydrogen (secondary N) is 1. The van der Waals surface area contributed by atoms with Gasteiger partial charge in [-0.1, -0.05) is 15.9 Å². The molecule has 0 aromatic carbocycles. The third-order valence-corrected chi connectivity index (χ3v) is 1.97. The first kappa shape index (κ1) is 8.66. The van der Waals surface area contributed by atoms with Gasteiger partial charge in [0.05, 0.1) is 4.83 Å². The van der Waals surface area contributed by atoms with Crippen molar-refractivity contribution < 1.29 is 4.39 Å². The van der Waals surface area contributed by atoms with Gasteiger partial charge in [-0.2, -0.15) is 0 Å². The smallest absolute Gasteiger partial charge is 0.126 e. The number of rotatable bonds is 0. The molecule has 0 bridgehead atoms. The fraction of sp³-hybridized carbons (Fsp3) is 1.00. The van der Waals surface area contributed by atoms with Gasteiger partial charge in [0.15, 0.2) is 0 Å². The second-order valence-electron chi connectivity index (χ2n) is 1.69. The number of alkyl halides is 2. The van der Waals surface area contributed by atoms with Crippen molar-refractivity contribution in [2.24, 2.45) is 0 Å². The Morgan fingerprint density at radius 3 is 2.25 bits per heavy atom. The summed E-state index contributed by atoms with van der Waals surface area (Å²) in [6.07, 6.45) is -0.681. The van der Waals surface area contributed by atoms with E-state index in [1.165, 1.54) is 0 Å². The summed E-state index contributed by atoms with van der Waals surface area (Å²) in [5.41, 5.74) is 0. The molecule has 1 saturated heterocycles. The molecule has 0 amide bonds. The van der Waals surface area contributed by atoms with Gasteiger partial charge in [0.1, 0.15) is 6.17 Å². The van der Waals surface area contributed by atoms with Gasteiger partial charge in [0.25, 0.3) is 0 Å². The van der Waals surface area contributed by atoms with Crippen molar-refractivity contribution in [1.82, 2.24) is 5.32 Å². The molecular formula is C4H8BrClFN. The Morgan fingerprint density at radius 1 is 1.50 bits per heavy atom. The Hall–Kier alpha value is 0.660. The summed E-state index contributed by atoms with van der Waals surface area (Å²) in [5, 5.41) is 2.90. The molecule has 1 nitrogen and oxygen atoms in total. The lowest BCUT2D eigenvalue weighted by atomic mass is 10.3. The van der Waals surface area contributed by atoms with Crippen LogP contribution in [0.2, 0.25) is 0 Å². The molecule has 1 aliphatic heterocycles. The van der Waals surface area contributed by atoms with E-state index in [4.69, 9.17) is 0 Å². The van der Waals surface area contributed by atoms with Crippen LogP contribution in [0.4, 0.5) is 4.39 Å². The van der Waals surface area contributed by atoms with Crippen LogP contribution in [0.5, 0.6) is 0 Å². The lowest BCUT2D eigenvalue weighted by Crippen LogP contribution is -2.10. The summed E-state index contributed by atoms with van der Waals surface area (Å²) in [4.78, 5) is 0.0486. The first-order chi connectivity index (χ1) is 3.30. The summed E-state index contributed by atoms with van der Waals surface area (Å²) >= 11 is 3.17. The van der Waals surface area contributed by atoms with Crippen molar-refractivity contribution >= 4 is 28.3 Å². The molecule has 8 heavy (non-hydrogen) atoms. The van der Waals surface area contributed by atoms with E-state index in [0.717, 1.165) is 6.54 Å². The highest BCUT2D eigenvalue weighted by atomic mass is 79.9. The van der Waals surface area contributed by atoms with Crippen molar-refractivity contribution in [1.29, 1.82) is 0 Å². The normalized spacial score (nSPS) is 36.8. The molecular weight excluding hydrogens is 196 g/mol. The van der Waals surface area contributed by atoms with Gasteiger partial charge in [0, 0.05) is 13.1 Å². The fourth-order valence-electron chi connectivity index (χ4n) is 0.615. The summed E-state index contributed by atoms with van der Waals surface area (Å²) < 4.78 is 12.2. The summed E-state index contributed by atoms with van der Waals surface area (Å²) in [6.45, 7) is 1.27. The van der Waals surface area contributed by atoms with Gasteiger partial charge >= 0.3 is 0 Å². The van der Waals surface area contributed by atoms with E-state index in [1.54, 1.807) is 0 Å². The van der Waals surface area contributed by atoms with Crippen LogP contribution < -0.4 is 5.32 Å². The van der Waals surface area contributed by atoms with E-state index in [9.17, 15) is 4.39 Å². The molecule has 0 spiro atoms. The predicted octanol–water partition coefficient (Wildman–Crippen LogP) is 1.11. The topological polar surface area (TPSA) is 12.0 Å². The number of halogens is 3. The van der Waals surface area contributed by atoms with Crippen LogP contribution in [-0.4, -0.2) is 24.1 Å². The predicted molar refractivity (Wildman–Crippen MR) is 37.7 cm³/mol. The Kier molecular flexibility index (Phi) is 3.94. The van der Waals surface area contributed by atoms with Gasteiger partial charge in [-0.05, 0) is 0 Å². The second kappa shape index (κ2) is 3.64. The highest BCUT2D eigenvalue weighted by molar-refractivity contribution is 9.09. The molecule has 1 heterocycles.